The molecule has 5 nitrogen and oxygen atoms in total. The van der Waals surface area contributed by atoms with Crippen molar-refractivity contribution in [3.05, 3.63) is 11.8 Å². The van der Waals surface area contributed by atoms with Gasteiger partial charge in [-0.15, -0.1) is 0 Å². The number of hydrogen-bond acceptors (Lipinski definition) is 4. The number of nitrogens with one attached hydrogen (secondary N) is 1. The zero-order valence-electron chi connectivity index (χ0n) is 6.62. The van der Waals surface area contributed by atoms with Gasteiger partial charge in [0.05, 0.1) is 18.4 Å². The predicted octanol–water partition coefficient (Wildman–Crippen LogP) is 0.281. The summed E-state index contributed by atoms with van der Waals surface area (Å²) in [6, 6.07) is 0. The maximum Gasteiger partial charge on any atom is 0.321 e. The van der Waals surface area contributed by atoms with Crippen molar-refractivity contribution in [2.75, 3.05) is 6.61 Å². The first kappa shape index (κ1) is 10.3. The van der Waals surface area contributed by atoms with Gasteiger partial charge in [0.25, 0.3) is 5.91 Å². The first-order valence-electron chi connectivity index (χ1n) is 3.56. The highest BCUT2D eigenvalue weighted by molar-refractivity contribution is 8.12. The summed E-state index contributed by atoms with van der Waals surface area (Å²) in [5.41, 5.74) is 0.287. The Morgan fingerprint density at radius 1 is 1.62 bits per heavy atom. The zero-order chi connectivity index (χ0) is 9.90. The summed E-state index contributed by atoms with van der Waals surface area (Å²) < 4.78 is 27.4. The van der Waals surface area contributed by atoms with Gasteiger partial charge >= 0.3 is 9.24 Å². The fourth-order valence-electron chi connectivity index (χ4n) is 0.908. The molecule has 0 saturated carbocycles. The normalized spacial score (nSPS) is 17.2. The molecular formula is C6H8ClNO4S. The maximum absolute atomic E-state index is 11.1. The summed E-state index contributed by atoms with van der Waals surface area (Å²) in [7, 11) is 0.823. The molecule has 1 aliphatic rings. The van der Waals surface area contributed by atoms with Gasteiger partial charge in [-0.05, 0) is 12.8 Å². The van der Waals surface area contributed by atoms with Crippen LogP contribution < -0.4 is 4.72 Å². The molecule has 1 N–H and O–H groups in total. The average Bonchev–Trinajstić information content (AvgIpc) is 2.03. The van der Waals surface area contributed by atoms with E-state index in [0.717, 1.165) is 0 Å². The smallest absolute Gasteiger partial charge is 0.321 e. The minimum absolute atomic E-state index is 0.287. The number of ether oxygens (including phenoxy) is 1. The molecule has 1 heterocycles. The van der Waals surface area contributed by atoms with Crippen LogP contribution in [-0.2, 0) is 18.8 Å². The number of carbonyl (C=O) groups excluding carboxylic acids is 1. The van der Waals surface area contributed by atoms with E-state index < -0.39 is 15.1 Å². The van der Waals surface area contributed by atoms with Gasteiger partial charge in [0.2, 0.25) is 0 Å². The fraction of sp³-hybridized carbons (Fsp3) is 0.500. The highest BCUT2D eigenvalue weighted by atomic mass is 35.7. The summed E-state index contributed by atoms with van der Waals surface area (Å²) in [5, 5.41) is 0. The van der Waals surface area contributed by atoms with Crippen LogP contribution in [0.5, 0.6) is 0 Å². The molecule has 0 bridgehead atoms. The van der Waals surface area contributed by atoms with E-state index >= 15 is 0 Å². The second kappa shape index (κ2) is 3.97. The molecule has 1 rings (SSSR count). The molecule has 7 heteroatoms. The third-order valence-electron chi connectivity index (χ3n) is 1.44. The highest BCUT2D eigenvalue weighted by Crippen LogP contribution is 2.12. The number of amides is 1. The van der Waals surface area contributed by atoms with E-state index in [-0.39, 0.29) is 5.57 Å². The van der Waals surface area contributed by atoms with Crippen LogP contribution in [0.25, 0.3) is 0 Å². The first-order chi connectivity index (χ1) is 5.99. The molecule has 0 saturated heterocycles. The van der Waals surface area contributed by atoms with Crippen LogP contribution in [-0.4, -0.2) is 20.9 Å². The Hall–Kier alpha value is -0.750. The van der Waals surface area contributed by atoms with Gasteiger partial charge < -0.3 is 4.74 Å². The van der Waals surface area contributed by atoms with Crippen molar-refractivity contribution < 1.29 is 17.9 Å². The molecule has 0 radical (unpaired) electrons. The number of halogens is 1. The van der Waals surface area contributed by atoms with E-state index in [4.69, 9.17) is 15.4 Å². The maximum atomic E-state index is 11.1. The first-order valence-corrected chi connectivity index (χ1v) is 5.87. The lowest BCUT2D eigenvalue weighted by Crippen LogP contribution is -2.29. The topological polar surface area (TPSA) is 72.5 Å². The standard InChI is InChI=1S/C6H8ClNO4S/c7-13(10,11)8-6(9)5-2-1-3-12-4-5/h4H,1-3H2,(H,8,9). The fourth-order valence-corrected chi connectivity index (χ4v) is 1.47. The monoisotopic (exact) mass is 225 g/mol. The van der Waals surface area contributed by atoms with Crippen molar-refractivity contribution in [3.63, 3.8) is 0 Å². The third kappa shape index (κ3) is 3.65. The van der Waals surface area contributed by atoms with Crippen molar-refractivity contribution >= 4 is 25.8 Å². The number of hydrogen-bond donors (Lipinski definition) is 1. The Kier molecular flexibility index (Phi) is 3.16. The van der Waals surface area contributed by atoms with E-state index in [9.17, 15) is 13.2 Å². The van der Waals surface area contributed by atoms with Gasteiger partial charge in [0.15, 0.2) is 0 Å². The van der Waals surface area contributed by atoms with Gasteiger partial charge in [-0.3, -0.25) is 4.79 Å². The molecule has 0 fully saturated rings. The quantitative estimate of drug-likeness (QED) is 0.686. The molecule has 74 valence electrons. The van der Waals surface area contributed by atoms with Crippen LogP contribution in [0, 0.1) is 0 Å². The number of rotatable bonds is 2. The van der Waals surface area contributed by atoms with Crippen molar-refractivity contribution in [2.45, 2.75) is 12.8 Å². The van der Waals surface area contributed by atoms with Crippen molar-refractivity contribution in [3.8, 4) is 0 Å². The Labute approximate surface area is 80.3 Å². The summed E-state index contributed by atoms with van der Waals surface area (Å²) in [6.07, 6.45) is 2.45. The van der Waals surface area contributed by atoms with E-state index in [0.29, 0.717) is 19.4 Å². The zero-order valence-corrected chi connectivity index (χ0v) is 8.19. The van der Waals surface area contributed by atoms with Crippen LogP contribution in [0.4, 0.5) is 0 Å². The molecule has 1 aliphatic heterocycles. The van der Waals surface area contributed by atoms with Crippen LogP contribution in [0.3, 0.4) is 0 Å². The molecule has 13 heavy (non-hydrogen) atoms. The van der Waals surface area contributed by atoms with Crippen LogP contribution >= 0.6 is 10.7 Å². The van der Waals surface area contributed by atoms with Crippen molar-refractivity contribution in [2.24, 2.45) is 0 Å². The molecular weight excluding hydrogens is 218 g/mol. The van der Waals surface area contributed by atoms with Gasteiger partial charge in [-0.1, -0.05) is 0 Å². The molecule has 0 aromatic rings. The van der Waals surface area contributed by atoms with Gasteiger partial charge in [-0.25, -0.2) is 4.72 Å². The lowest BCUT2D eigenvalue weighted by Gasteiger charge is -2.11. The average molecular weight is 226 g/mol. The highest BCUT2D eigenvalue weighted by Gasteiger charge is 2.17. The predicted molar refractivity (Wildman–Crippen MR) is 46.2 cm³/mol. The largest absolute Gasteiger partial charge is 0.501 e. The van der Waals surface area contributed by atoms with E-state index in [1.54, 1.807) is 4.72 Å². The molecule has 0 spiro atoms. The Morgan fingerprint density at radius 2 is 2.31 bits per heavy atom. The summed E-state index contributed by atoms with van der Waals surface area (Å²) >= 11 is 0. The molecule has 0 aromatic heterocycles. The summed E-state index contributed by atoms with van der Waals surface area (Å²) in [6.45, 7) is 0.546. The molecule has 0 atom stereocenters. The second-order valence-electron chi connectivity index (χ2n) is 2.49. The molecule has 0 aromatic carbocycles. The van der Waals surface area contributed by atoms with Crippen LogP contribution in [0.15, 0.2) is 11.8 Å². The van der Waals surface area contributed by atoms with E-state index in [1.165, 1.54) is 6.26 Å². The lowest BCUT2D eigenvalue weighted by molar-refractivity contribution is -0.116. The van der Waals surface area contributed by atoms with Crippen molar-refractivity contribution in [1.82, 2.24) is 4.72 Å². The summed E-state index contributed by atoms with van der Waals surface area (Å²) in [5.74, 6) is -0.727. The minimum atomic E-state index is -4.00. The molecule has 1 amide bonds. The minimum Gasteiger partial charge on any atom is -0.501 e. The second-order valence-corrected chi connectivity index (χ2v) is 4.79. The van der Waals surface area contributed by atoms with Gasteiger partial charge in [0.1, 0.15) is 0 Å². The lowest BCUT2D eigenvalue weighted by atomic mass is 10.1. The number of carbonyl (C=O) groups is 1. The van der Waals surface area contributed by atoms with Gasteiger partial charge in [-0.2, -0.15) is 8.42 Å². The Bertz CT molecular complexity index is 335. The summed E-state index contributed by atoms with van der Waals surface area (Å²) in [4.78, 5) is 11.1. The van der Waals surface area contributed by atoms with Crippen LogP contribution in [0.1, 0.15) is 12.8 Å². The van der Waals surface area contributed by atoms with Crippen molar-refractivity contribution in [1.29, 1.82) is 0 Å². The molecule has 0 aliphatic carbocycles. The van der Waals surface area contributed by atoms with Crippen LogP contribution in [0.2, 0.25) is 0 Å². The Balaban J connectivity index is 2.62. The third-order valence-corrected chi connectivity index (χ3v) is 2.10. The Morgan fingerprint density at radius 3 is 2.77 bits per heavy atom. The SMILES string of the molecule is O=C(NS(=O)(=O)Cl)C1=COCCC1. The van der Waals surface area contributed by atoms with E-state index in [1.807, 2.05) is 0 Å². The van der Waals surface area contributed by atoms with E-state index in [2.05, 4.69) is 0 Å². The molecule has 0 unspecified atom stereocenters. The van der Waals surface area contributed by atoms with Gasteiger partial charge in [0, 0.05) is 10.7 Å².